The number of para-hydroxylation sites is 1. The van der Waals surface area contributed by atoms with Crippen LogP contribution >= 0.6 is 24.0 Å². The third-order valence-electron chi connectivity index (χ3n) is 5.00. The molecule has 2 aromatic carbocycles. The van der Waals surface area contributed by atoms with Crippen molar-refractivity contribution >= 4 is 29.9 Å². The van der Waals surface area contributed by atoms with Gasteiger partial charge in [-0.3, -0.25) is 0 Å². The van der Waals surface area contributed by atoms with E-state index in [2.05, 4.69) is 45.8 Å². The van der Waals surface area contributed by atoms with Crippen molar-refractivity contribution in [3.8, 4) is 17.0 Å². The van der Waals surface area contributed by atoms with Crippen LogP contribution in [0.15, 0.2) is 76.3 Å². The van der Waals surface area contributed by atoms with Crippen molar-refractivity contribution in [3.63, 3.8) is 0 Å². The summed E-state index contributed by atoms with van der Waals surface area (Å²) >= 11 is 0. The van der Waals surface area contributed by atoms with Crippen molar-refractivity contribution in [1.82, 2.24) is 25.4 Å². The lowest BCUT2D eigenvalue weighted by molar-refractivity contribution is 0.497. The van der Waals surface area contributed by atoms with Crippen LogP contribution < -0.4 is 10.6 Å². The van der Waals surface area contributed by atoms with Crippen LogP contribution in [-0.4, -0.2) is 27.3 Å². The Balaban J connectivity index is 0.00000306. The molecule has 4 rings (SSSR count). The van der Waals surface area contributed by atoms with Gasteiger partial charge >= 0.3 is 0 Å². The molecule has 0 aliphatic heterocycles. The minimum atomic E-state index is 0. The summed E-state index contributed by atoms with van der Waals surface area (Å²) in [6.07, 6.45) is 1.75. The highest BCUT2D eigenvalue weighted by Gasteiger charge is 2.10. The van der Waals surface area contributed by atoms with Gasteiger partial charge in [-0.05, 0) is 38.5 Å². The van der Waals surface area contributed by atoms with Gasteiger partial charge in [0.15, 0.2) is 11.7 Å². The van der Waals surface area contributed by atoms with Crippen molar-refractivity contribution in [1.29, 1.82) is 0 Å². The summed E-state index contributed by atoms with van der Waals surface area (Å²) in [5, 5.41) is 11.2. The molecule has 0 amide bonds. The molecule has 0 radical (unpaired) electrons. The normalized spacial score (nSPS) is 11.2. The van der Waals surface area contributed by atoms with Crippen molar-refractivity contribution in [2.45, 2.75) is 33.9 Å². The number of halogens is 1. The quantitative estimate of drug-likeness (QED) is 0.190. The number of aliphatic imine (C=N–C) groups is 1. The molecule has 33 heavy (non-hydrogen) atoms. The van der Waals surface area contributed by atoms with Gasteiger partial charge in [0.1, 0.15) is 0 Å². The Bertz CT molecular complexity index is 1200. The molecule has 7 nitrogen and oxygen atoms in total. The van der Waals surface area contributed by atoms with Crippen molar-refractivity contribution in [2.24, 2.45) is 4.99 Å². The highest BCUT2D eigenvalue weighted by molar-refractivity contribution is 14.0. The lowest BCUT2D eigenvalue weighted by atomic mass is 10.2. The summed E-state index contributed by atoms with van der Waals surface area (Å²) in [6.45, 7) is 7.82. The number of nitrogens with zero attached hydrogens (tertiary/aromatic N) is 4. The van der Waals surface area contributed by atoms with Crippen LogP contribution in [0.4, 0.5) is 0 Å². The Morgan fingerprint density at radius 2 is 1.79 bits per heavy atom. The Morgan fingerprint density at radius 3 is 2.52 bits per heavy atom. The number of nitrogens with one attached hydrogen (secondary N) is 2. The summed E-state index contributed by atoms with van der Waals surface area (Å²) in [4.78, 5) is 9.16. The zero-order valence-electron chi connectivity index (χ0n) is 19.1. The molecule has 0 aliphatic carbocycles. The Morgan fingerprint density at radius 1 is 1.03 bits per heavy atom. The van der Waals surface area contributed by atoms with Gasteiger partial charge in [-0.1, -0.05) is 48.5 Å². The van der Waals surface area contributed by atoms with Crippen molar-refractivity contribution < 1.29 is 4.42 Å². The predicted octanol–water partition coefficient (Wildman–Crippen LogP) is 5.02. The second-order valence-electron chi connectivity index (χ2n) is 7.50. The van der Waals surface area contributed by atoms with E-state index in [1.54, 1.807) is 6.20 Å². The topological polar surface area (TPSA) is 80.3 Å². The first-order valence-electron chi connectivity index (χ1n) is 10.8. The molecule has 0 bridgehead atoms. The first-order valence-corrected chi connectivity index (χ1v) is 10.8. The summed E-state index contributed by atoms with van der Waals surface area (Å²) in [5.41, 5.74) is 5.24. The number of hydrogen-bond donors (Lipinski definition) is 2. The number of aromatic nitrogens is 3. The molecule has 2 aromatic heterocycles. The third-order valence-corrected chi connectivity index (χ3v) is 5.00. The fraction of sp³-hybridized carbons (Fsp3) is 0.240. The molecule has 0 spiro atoms. The lowest BCUT2D eigenvalue weighted by Gasteiger charge is -2.12. The van der Waals surface area contributed by atoms with Gasteiger partial charge < -0.3 is 15.1 Å². The standard InChI is InChI=1S/C25H28N6O.HI/c1-4-26-25(29-17-24-27-16-23(32-24)20-10-6-5-7-11-20)28-15-21-12-8-9-13-22(21)31-19(3)14-18(2)30-31;/h5-14,16H,4,15,17H2,1-3H3,(H2,26,28,29);1H. The molecular weight excluding hydrogens is 527 g/mol. The van der Waals surface area contributed by atoms with Crippen LogP contribution in [0.3, 0.4) is 0 Å². The van der Waals surface area contributed by atoms with E-state index in [0.29, 0.717) is 24.9 Å². The number of benzene rings is 2. The minimum Gasteiger partial charge on any atom is -0.439 e. The highest BCUT2D eigenvalue weighted by atomic mass is 127. The minimum absolute atomic E-state index is 0. The molecule has 0 saturated carbocycles. The van der Waals surface area contributed by atoms with Crippen LogP contribution in [0, 0.1) is 13.8 Å². The summed E-state index contributed by atoms with van der Waals surface area (Å²) in [6, 6.07) is 20.2. The van der Waals surface area contributed by atoms with Gasteiger partial charge in [0.25, 0.3) is 0 Å². The van der Waals surface area contributed by atoms with Crippen LogP contribution in [0.5, 0.6) is 0 Å². The maximum atomic E-state index is 5.89. The summed E-state index contributed by atoms with van der Waals surface area (Å²) in [5.74, 6) is 2.07. The molecule has 4 aromatic rings. The molecule has 172 valence electrons. The van der Waals surface area contributed by atoms with E-state index in [1.165, 1.54) is 0 Å². The van der Waals surface area contributed by atoms with E-state index in [1.807, 2.05) is 61.0 Å². The Hall–Kier alpha value is -3.14. The van der Waals surface area contributed by atoms with Gasteiger partial charge in [0.2, 0.25) is 5.89 Å². The first-order chi connectivity index (χ1) is 15.6. The number of aryl methyl sites for hydroxylation is 2. The van der Waals surface area contributed by atoms with Gasteiger partial charge in [0.05, 0.1) is 30.7 Å². The average molecular weight is 556 g/mol. The lowest BCUT2D eigenvalue weighted by Crippen LogP contribution is -2.36. The molecule has 0 fully saturated rings. The van der Waals surface area contributed by atoms with Crippen molar-refractivity contribution in [3.05, 3.63) is 89.7 Å². The molecule has 0 atom stereocenters. The number of rotatable bonds is 7. The van der Waals surface area contributed by atoms with Crippen LogP contribution in [0.25, 0.3) is 17.0 Å². The molecular formula is C25H29IN6O. The zero-order valence-corrected chi connectivity index (χ0v) is 21.4. The SMILES string of the molecule is CCNC(=NCc1ccccc1-n1nc(C)cc1C)NCc1ncc(-c2ccccc2)o1.I. The second kappa shape index (κ2) is 11.6. The monoisotopic (exact) mass is 556 g/mol. The van der Waals surface area contributed by atoms with E-state index in [9.17, 15) is 0 Å². The molecule has 0 aliphatic rings. The summed E-state index contributed by atoms with van der Waals surface area (Å²) < 4.78 is 7.86. The van der Waals surface area contributed by atoms with Crippen LogP contribution in [0.2, 0.25) is 0 Å². The van der Waals surface area contributed by atoms with E-state index >= 15 is 0 Å². The van der Waals surface area contributed by atoms with Crippen molar-refractivity contribution in [2.75, 3.05) is 6.54 Å². The third kappa shape index (κ3) is 6.22. The van der Waals surface area contributed by atoms with E-state index in [-0.39, 0.29) is 24.0 Å². The first kappa shape index (κ1) is 24.5. The molecule has 0 unspecified atom stereocenters. The highest BCUT2D eigenvalue weighted by Crippen LogP contribution is 2.20. The van der Waals surface area contributed by atoms with Gasteiger partial charge in [-0.2, -0.15) is 5.10 Å². The van der Waals surface area contributed by atoms with E-state index in [4.69, 9.17) is 9.41 Å². The number of hydrogen-bond acceptors (Lipinski definition) is 4. The van der Waals surface area contributed by atoms with Crippen LogP contribution in [0.1, 0.15) is 29.8 Å². The molecule has 8 heteroatoms. The second-order valence-corrected chi connectivity index (χ2v) is 7.50. The van der Waals surface area contributed by atoms with Gasteiger partial charge in [-0.25, -0.2) is 14.7 Å². The van der Waals surface area contributed by atoms with Crippen LogP contribution in [-0.2, 0) is 13.1 Å². The maximum Gasteiger partial charge on any atom is 0.214 e. The van der Waals surface area contributed by atoms with E-state index in [0.717, 1.165) is 40.5 Å². The van der Waals surface area contributed by atoms with E-state index < -0.39 is 0 Å². The molecule has 0 saturated heterocycles. The summed E-state index contributed by atoms with van der Waals surface area (Å²) in [7, 11) is 0. The largest absolute Gasteiger partial charge is 0.439 e. The average Bonchev–Trinajstić information content (AvgIpc) is 3.42. The maximum absolute atomic E-state index is 5.89. The van der Waals surface area contributed by atoms with Gasteiger partial charge in [0, 0.05) is 17.8 Å². The predicted molar refractivity (Wildman–Crippen MR) is 142 cm³/mol. The smallest absolute Gasteiger partial charge is 0.214 e. The number of oxazole rings is 1. The Labute approximate surface area is 211 Å². The fourth-order valence-corrected chi connectivity index (χ4v) is 3.52. The zero-order chi connectivity index (χ0) is 22.3. The Kier molecular flexibility index (Phi) is 8.65. The molecule has 2 N–H and O–H groups in total. The number of guanidine groups is 1. The van der Waals surface area contributed by atoms with Gasteiger partial charge in [-0.15, -0.1) is 24.0 Å². The fourth-order valence-electron chi connectivity index (χ4n) is 3.52. The molecule has 2 heterocycles.